The lowest BCUT2D eigenvalue weighted by molar-refractivity contribution is -0.126. The lowest BCUT2D eigenvalue weighted by Gasteiger charge is -2.30. The van der Waals surface area contributed by atoms with E-state index in [2.05, 4.69) is 10.6 Å². The number of methoxy groups -OCH3 is 2. The average Bonchev–Trinajstić information content (AvgIpc) is 2.84. The van der Waals surface area contributed by atoms with Gasteiger partial charge in [-0.3, -0.25) is 14.5 Å². The molecule has 10 nitrogen and oxygen atoms in total. The highest BCUT2D eigenvalue weighted by Gasteiger charge is 2.25. The predicted molar refractivity (Wildman–Crippen MR) is 132 cm³/mol. The van der Waals surface area contributed by atoms with Crippen molar-refractivity contribution in [2.24, 2.45) is 11.1 Å². The fourth-order valence-electron chi connectivity index (χ4n) is 3.99. The van der Waals surface area contributed by atoms with Crippen molar-refractivity contribution in [1.29, 1.82) is 0 Å². The van der Waals surface area contributed by atoms with Crippen molar-refractivity contribution < 1.29 is 27.5 Å². The third-order valence-electron chi connectivity index (χ3n) is 5.96. The Bertz CT molecular complexity index is 1130. The Morgan fingerprint density at radius 1 is 1.03 bits per heavy atom. The summed E-state index contributed by atoms with van der Waals surface area (Å²) in [5, 5.41) is 10.9. The van der Waals surface area contributed by atoms with E-state index in [1.807, 2.05) is 4.90 Å². The summed E-state index contributed by atoms with van der Waals surface area (Å²) >= 11 is 0. The smallest absolute Gasteiger partial charge is 0.238 e. The van der Waals surface area contributed by atoms with Crippen molar-refractivity contribution in [3.05, 3.63) is 48.0 Å². The Morgan fingerprint density at radius 3 is 2.29 bits per heavy atom. The van der Waals surface area contributed by atoms with E-state index in [-0.39, 0.29) is 29.2 Å². The molecule has 0 bridgehead atoms. The second-order valence-corrected chi connectivity index (χ2v) is 9.96. The molecule has 2 aromatic carbocycles. The molecular weight excluding hydrogens is 472 g/mol. The van der Waals surface area contributed by atoms with E-state index in [0.717, 1.165) is 5.56 Å². The number of hydrogen-bond donors (Lipinski definition) is 3. The zero-order valence-corrected chi connectivity index (χ0v) is 20.8. The highest BCUT2D eigenvalue weighted by molar-refractivity contribution is 7.89. The summed E-state index contributed by atoms with van der Waals surface area (Å²) < 4.78 is 33.1. The van der Waals surface area contributed by atoms with E-state index in [4.69, 9.17) is 14.6 Å². The summed E-state index contributed by atoms with van der Waals surface area (Å²) in [6.45, 7) is 2.03. The highest BCUT2D eigenvalue weighted by Crippen LogP contribution is 2.29. The monoisotopic (exact) mass is 504 g/mol. The molecule has 190 valence electrons. The van der Waals surface area contributed by atoms with Gasteiger partial charge in [0.1, 0.15) is 0 Å². The van der Waals surface area contributed by atoms with Crippen LogP contribution >= 0.6 is 0 Å². The summed E-state index contributed by atoms with van der Waals surface area (Å²) in [5.74, 6) is 0.905. The largest absolute Gasteiger partial charge is 0.493 e. The van der Waals surface area contributed by atoms with Gasteiger partial charge in [-0.2, -0.15) is 0 Å². The lowest BCUT2D eigenvalue weighted by atomic mass is 9.96. The number of carbonyl (C=O) groups is 2. The van der Waals surface area contributed by atoms with Crippen LogP contribution in [0.2, 0.25) is 0 Å². The van der Waals surface area contributed by atoms with Crippen molar-refractivity contribution >= 4 is 27.5 Å². The predicted octanol–water partition coefficient (Wildman–Crippen LogP) is 1.36. The van der Waals surface area contributed by atoms with Crippen molar-refractivity contribution in [1.82, 2.24) is 10.2 Å². The number of nitrogens with two attached hydrogens (primary N) is 1. The molecule has 11 heteroatoms. The average molecular weight is 505 g/mol. The van der Waals surface area contributed by atoms with Crippen LogP contribution in [0.1, 0.15) is 18.4 Å². The van der Waals surface area contributed by atoms with Crippen molar-refractivity contribution in [3.63, 3.8) is 0 Å². The van der Waals surface area contributed by atoms with Gasteiger partial charge in [0.05, 0.1) is 25.7 Å². The molecule has 1 saturated heterocycles. The number of likely N-dealkylation sites (tertiary alicyclic amines) is 1. The van der Waals surface area contributed by atoms with Crippen molar-refractivity contribution in [3.8, 4) is 11.5 Å². The van der Waals surface area contributed by atoms with Crippen LogP contribution in [-0.4, -0.2) is 65.5 Å². The van der Waals surface area contributed by atoms with Gasteiger partial charge in [0.15, 0.2) is 11.5 Å². The zero-order valence-electron chi connectivity index (χ0n) is 20.0. The molecule has 0 radical (unpaired) electrons. The third kappa shape index (κ3) is 7.67. The Balaban J connectivity index is 1.38. The number of ether oxygens (including phenoxy) is 2. The van der Waals surface area contributed by atoms with Gasteiger partial charge in [-0.25, -0.2) is 13.6 Å². The maximum Gasteiger partial charge on any atom is 0.238 e. The molecule has 4 N–H and O–H groups in total. The Kier molecular flexibility index (Phi) is 9.07. The number of piperidine rings is 1. The molecule has 1 fully saturated rings. The number of hydrogen-bond acceptors (Lipinski definition) is 7. The van der Waals surface area contributed by atoms with Gasteiger partial charge in [-0.1, -0.05) is 12.1 Å². The number of nitrogens with one attached hydrogen (secondary N) is 2. The van der Waals surface area contributed by atoms with Gasteiger partial charge in [0.2, 0.25) is 21.8 Å². The number of amides is 2. The first-order valence-corrected chi connectivity index (χ1v) is 12.9. The SMILES string of the molecule is COc1ccc(NC(=O)CN2CCC(C(=O)NCCc3ccc(S(N)(=O)=O)cc3)CC2)cc1OC. The third-order valence-corrected chi connectivity index (χ3v) is 6.89. The van der Waals surface area contributed by atoms with Crippen LogP contribution in [0.3, 0.4) is 0 Å². The minimum atomic E-state index is -3.71. The zero-order chi connectivity index (χ0) is 25.4. The van der Waals surface area contributed by atoms with Crippen LogP contribution in [-0.2, 0) is 26.0 Å². The summed E-state index contributed by atoms with van der Waals surface area (Å²) in [5.41, 5.74) is 1.54. The van der Waals surface area contributed by atoms with Crippen LogP contribution in [0.4, 0.5) is 5.69 Å². The lowest BCUT2D eigenvalue weighted by Crippen LogP contribution is -2.43. The van der Waals surface area contributed by atoms with Gasteiger partial charge in [-0.05, 0) is 62.2 Å². The topological polar surface area (TPSA) is 140 Å². The summed E-state index contributed by atoms with van der Waals surface area (Å²) in [4.78, 5) is 27.1. The summed E-state index contributed by atoms with van der Waals surface area (Å²) in [6.07, 6.45) is 1.95. The molecule has 2 amide bonds. The van der Waals surface area contributed by atoms with E-state index in [1.54, 1.807) is 37.4 Å². The van der Waals surface area contributed by atoms with E-state index in [9.17, 15) is 18.0 Å². The molecule has 2 aromatic rings. The van der Waals surface area contributed by atoms with Gasteiger partial charge in [0, 0.05) is 24.2 Å². The second kappa shape index (κ2) is 12.0. The first-order valence-electron chi connectivity index (χ1n) is 11.3. The van der Waals surface area contributed by atoms with E-state index in [0.29, 0.717) is 56.1 Å². The summed E-state index contributed by atoms with van der Waals surface area (Å²) in [6, 6.07) is 11.5. The summed E-state index contributed by atoms with van der Waals surface area (Å²) in [7, 11) is -0.618. The molecule has 0 aromatic heterocycles. The number of anilines is 1. The Labute approximate surface area is 205 Å². The number of primary sulfonamides is 1. The Hall–Kier alpha value is -3.15. The van der Waals surface area contributed by atoms with E-state index in [1.165, 1.54) is 19.2 Å². The molecule has 35 heavy (non-hydrogen) atoms. The van der Waals surface area contributed by atoms with Gasteiger partial charge < -0.3 is 20.1 Å². The van der Waals surface area contributed by atoms with Crippen molar-refractivity contribution in [2.75, 3.05) is 45.7 Å². The van der Waals surface area contributed by atoms with Crippen LogP contribution in [0.15, 0.2) is 47.4 Å². The molecule has 0 saturated carbocycles. The molecule has 1 aliphatic heterocycles. The standard InChI is InChI=1S/C24H32N4O6S/c1-33-21-8-5-19(15-22(21)34-2)27-23(29)16-28-13-10-18(11-14-28)24(30)26-12-9-17-3-6-20(7-4-17)35(25,31)32/h3-8,15,18H,9-14,16H2,1-2H3,(H,26,30)(H,27,29)(H2,25,31,32). The second-order valence-electron chi connectivity index (χ2n) is 8.40. The first kappa shape index (κ1) is 26.5. The number of nitrogens with zero attached hydrogens (tertiary/aromatic N) is 1. The van der Waals surface area contributed by atoms with Gasteiger partial charge in [0.25, 0.3) is 0 Å². The fraction of sp³-hybridized carbons (Fsp3) is 0.417. The van der Waals surface area contributed by atoms with Crippen LogP contribution in [0.25, 0.3) is 0 Å². The minimum Gasteiger partial charge on any atom is -0.493 e. The molecular formula is C24H32N4O6S. The number of rotatable bonds is 10. The maximum absolute atomic E-state index is 12.5. The Morgan fingerprint density at radius 2 is 1.69 bits per heavy atom. The van der Waals surface area contributed by atoms with Crippen LogP contribution in [0.5, 0.6) is 11.5 Å². The first-order chi connectivity index (χ1) is 16.7. The molecule has 0 unspecified atom stereocenters. The molecule has 0 spiro atoms. The fourth-order valence-corrected chi connectivity index (χ4v) is 4.51. The quantitative estimate of drug-likeness (QED) is 0.444. The molecule has 0 aliphatic carbocycles. The minimum absolute atomic E-state index is 0.000542. The molecule has 1 aliphatic rings. The molecule has 1 heterocycles. The maximum atomic E-state index is 12.5. The normalized spacial score (nSPS) is 14.8. The highest BCUT2D eigenvalue weighted by atomic mass is 32.2. The van der Waals surface area contributed by atoms with Gasteiger partial charge in [-0.15, -0.1) is 0 Å². The number of benzene rings is 2. The van der Waals surface area contributed by atoms with E-state index < -0.39 is 10.0 Å². The van der Waals surface area contributed by atoms with Crippen LogP contribution < -0.4 is 25.2 Å². The van der Waals surface area contributed by atoms with Crippen LogP contribution in [0, 0.1) is 5.92 Å². The molecule has 3 rings (SSSR count). The van der Waals surface area contributed by atoms with E-state index >= 15 is 0 Å². The van der Waals surface area contributed by atoms with Crippen molar-refractivity contribution in [2.45, 2.75) is 24.2 Å². The molecule has 0 atom stereocenters. The number of sulfonamides is 1. The van der Waals surface area contributed by atoms with Gasteiger partial charge >= 0.3 is 0 Å². The number of carbonyl (C=O) groups excluding carboxylic acids is 2.